The van der Waals surface area contributed by atoms with Gasteiger partial charge in [0, 0.05) is 16.0 Å². The molecule has 0 atom stereocenters. The molecule has 6 nitrogen and oxygen atoms in total. The number of hydrogen-bond donors (Lipinski definition) is 0. The van der Waals surface area contributed by atoms with E-state index < -0.39 is 6.43 Å². The van der Waals surface area contributed by atoms with Crippen LogP contribution in [0.4, 0.5) is 8.78 Å². The molecule has 0 N–H and O–H groups in total. The number of pyridine rings is 1. The van der Waals surface area contributed by atoms with Gasteiger partial charge in [0.2, 0.25) is 0 Å². The molecule has 2 aromatic carbocycles. The third kappa shape index (κ3) is 3.96. The summed E-state index contributed by atoms with van der Waals surface area (Å²) in [7, 11) is 0. The van der Waals surface area contributed by atoms with Crippen LogP contribution in [-0.4, -0.2) is 24.6 Å². The Labute approximate surface area is 206 Å². The molecule has 0 unspecified atom stereocenters. The minimum absolute atomic E-state index is 0.239. The van der Waals surface area contributed by atoms with Crippen LogP contribution in [0, 0.1) is 6.92 Å². The van der Waals surface area contributed by atoms with Gasteiger partial charge in [0.1, 0.15) is 33.9 Å². The highest BCUT2D eigenvalue weighted by Crippen LogP contribution is 2.37. The molecule has 0 saturated heterocycles. The maximum Gasteiger partial charge on any atom is 0.280 e. The fraction of sp³-hybridized carbons (Fsp3) is 0.120. The zero-order chi connectivity index (χ0) is 24.1. The molecule has 0 aliphatic carbocycles. The van der Waals surface area contributed by atoms with E-state index in [0.717, 1.165) is 21.2 Å². The number of halogens is 3. The Morgan fingerprint density at radius 2 is 1.94 bits per heavy atom. The third-order valence-electron chi connectivity index (χ3n) is 5.59. The molecule has 0 bridgehead atoms. The number of benzene rings is 2. The van der Waals surface area contributed by atoms with Crippen molar-refractivity contribution >= 4 is 49.0 Å². The second-order valence-electron chi connectivity index (χ2n) is 8.02. The van der Waals surface area contributed by atoms with E-state index in [-0.39, 0.29) is 5.69 Å². The van der Waals surface area contributed by atoms with Crippen molar-refractivity contribution < 1.29 is 13.5 Å². The Morgan fingerprint density at radius 3 is 2.77 bits per heavy atom. The van der Waals surface area contributed by atoms with Crippen LogP contribution in [0.25, 0.3) is 37.5 Å². The molecule has 0 amide bonds. The lowest BCUT2D eigenvalue weighted by Crippen LogP contribution is -1.96. The van der Waals surface area contributed by atoms with Gasteiger partial charge >= 0.3 is 0 Å². The van der Waals surface area contributed by atoms with Crippen LogP contribution in [0.1, 0.15) is 23.2 Å². The standard InChI is InChI=1S/C25H16ClF2N5OS/c1-13-8-18(22(27)28)30-25-19(13)20-21(35-25)24-31-23(32-33(24)12-29-20)15-5-2-4-14(9-15)11-34-17-7-3-6-16(26)10-17/h2-10,12,22H,11H2,1H3. The lowest BCUT2D eigenvalue weighted by Gasteiger charge is -2.07. The van der Waals surface area contributed by atoms with Crippen LogP contribution < -0.4 is 4.74 Å². The third-order valence-corrected chi connectivity index (χ3v) is 6.90. The van der Waals surface area contributed by atoms with Crippen molar-refractivity contribution in [1.29, 1.82) is 0 Å². The van der Waals surface area contributed by atoms with Crippen LogP contribution in [0.15, 0.2) is 60.9 Å². The van der Waals surface area contributed by atoms with Gasteiger partial charge in [0.25, 0.3) is 6.43 Å². The summed E-state index contributed by atoms with van der Waals surface area (Å²) in [6, 6.07) is 16.4. The number of thiophene rings is 1. The van der Waals surface area contributed by atoms with Crippen molar-refractivity contribution in [2.45, 2.75) is 20.0 Å². The van der Waals surface area contributed by atoms with E-state index in [1.165, 1.54) is 17.4 Å². The summed E-state index contributed by atoms with van der Waals surface area (Å²) in [5, 5.41) is 5.97. The maximum absolute atomic E-state index is 13.3. The molecule has 0 radical (unpaired) electrons. The maximum atomic E-state index is 13.3. The van der Waals surface area contributed by atoms with Crippen LogP contribution in [0.2, 0.25) is 5.02 Å². The van der Waals surface area contributed by atoms with Crippen molar-refractivity contribution in [2.24, 2.45) is 0 Å². The van der Waals surface area contributed by atoms with E-state index in [1.807, 2.05) is 36.4 Å². The first-order chi connectivity index (χ1) is 17.0. The molecule has 0 saturated carbocycles. The molecular formula is C25H16ClF2N5OS. The molecule has 4 heterocycles. The van der Waals surface area contributed by atoms with E-state index >= 15 is 0 Å². The van der Waals surface area contributed by atoms with Gasteiger partial charge in [-0.1, -0.05) is 35.9 Å². The number of aryl methyl sites for hydroxylation is 1. The van der Waals surface area contributed by atoms with E-state index in [4.69, 9.17) is 21.3 Å². The number of hydrogen-bond acceptors (Lipinski definition) is 6. The molecule has 6 rings (SSSR count). The highest BCUT2D eigenvalue weighted by atomic mass is 35.5. The normalized spacial score (nSPS) is 11.8. The summed E-state index contributed by atoms with van der Waals surface area (Å²) in [5.41, 5.74) is 3.53. The largest absolute Gasteiger partial charge is 0.489 e. The summed E-state index contributed by atoms with van der Waals surface area (Å²) >= 11 is 7.32. The second-order valence-corrected chi connectivity index (χ2v) is 9.45. The van der Waals surface area contributed by atoms with Crippen LogP contribution in [-0.2, 0) is 6.61 Å². The first-order valence-electron chi connectivity index (χ1n) is 10.7. The number of ether oxygens (including phenoxy) is 1. The summed E-state index contributed by atoms with van der Waals surface area (Å²) < 4.78 is 34.7. The summed E-state index contributed by atoms with van der Waals surface area (Å²) in [6.07, 6.45) is -1.04. The van der Waals surface area contributed by atoms with E-state index in [0.29, 0.717) is 44.8 Å². The fourth-order valence-corrected chi connectivity index (χ4v) is 5.36. The van der Waals surface area contributed by atoms with Gasteiger partial charge in [0.15, 0.2) is 11.5 Å². The van der Waals surface area contributed by atoms with Crippen LogP contribution >= 0.6 is 22.9 Å². The van der Waals surface area contributed by atoms with Crippen molar-refractivity contribution in [3.8, 4) is 17.1 Å². The summed E-state index contributed by atoms with van der Waals surface area (Å²) in [5.74, 6) is 1.21. The molecule has 4 aromatic heterocycles. The van der Waals surface area contributed by atoms with Crippen LogP contribution in [0.5, 0.6) is 5.75 Å². The molecule has 174 valence electrons. The van der Waals surface area contributed by atoms with Gasteiger partial charge in [-0.05, 0) is 48.4 Å². The van der Waals surface area contributed by atoms with Gasteiger partial charge < -0.3 is 4.74 Å². The Morgan fingerprint density at radius 1 is 1.09 bits per heavy atom. The smallest absolute Gasteiger partial charge is 0.280 e. The average molecular weight is 508 g/mol. The molecule has 0 spiro atoms. The van der Waals surface area contributed by atoms with Crippen molar-refractivity contribution in [3.63, 3.8) is 0 Å². The quantitative estimate of drug-likeness (QED) is 0.250. The highest BCUT2D eigenvalue weighted by molar-refractivity contribution is 7.26. The van der Waals surface area contributed by atoms with Crippen molar-refractivity contribution in [2.75, 3.05) is 0 Å². The first kappa shape index (κ1) is 21.8. The van der Waals surface area contributed by atoms with Crippen molar-refractivity contribution in [1.82, 2.24) is 24.6 Å². The Bertz CT molecular complexity index is 1730. The number of fused-ring (bicyclic) bond motifs is 5. The highest BCUT2D eigenvalue weighted by Gasteiger charge is 2.19. The van der Waals surface area contributed by atoms with Gasteiger partial charge in [0.05, 0.1) is 5.52 Å². The Hall–Kier alpha value is -3.69. The van der Waals surface area contributed by atoms with E-state index in [2.05, 4.69) is 15.1 Å². The SMILES string of the molecule is Cc1cc(C(F)F)nc2sc3c(ncn4nc(-c5cccc(COc6cccc(Cl)c6)c5)nc34)c12. The minimum Gasteiger partial charge on any atom is -0.489 e. The molecule has 0 aliphatic heterocycles. The van der Waals surface area contributed by atoms with E-state index in [9.17, 15) is 8.78 Å². The lowest BCUT2D eigenvalue weighted by molar-refractivity contribution is 0.146. The predicted molar refractivity (Wildman–Crippen MR) is 132 cm³/mol. The number of nitrogens with zero attached hydrogens (tertiary/aromatic N) is 5. The number of alkyl halides is 2. The molecule has 0 aliphatic rings. The lowest BCUT2D eigenvalue weighted by atomic mass is 10.1. The van der Waals surface area contributed by atoms with Gasteiger partial charge in [-0.2, -0.15) is 0 Å². The average Bonchev–Trinajstić information content (AvgIpc) is 3.44. The van der Waals surface area contributed by atoms with Crippen LogP contribution in [0.3, 0.4) is 0 Å². The monoisotopic (exact) mass is 507 g/mol. The fourth-order valence-electron chi connectivity index (χ4n) is 3.99. The molecule has 35 heavy (non-hydrogen) atoms. The first-order valence-corrected chi connectivity index (χ1v) is 11.9. The zero-order valence-electron chi connectivity index (χ0n) is 18.2. The number of rotatable bonds is 5. The topological polar surface area (TPSA) is 65.2 Å². The molecule has 0 fully saturated rings. The van der Waals surface area contributed by atoms with Gasteiger partial charge in [-0.25, -0.2) is 28.2 Å². The Balaban J connectivity index is 1.38. The van der Waals surface area contributed by atoms with Crippen molar-refractivity contribution in [3.05, 3.63) is 82.8 Å². The predicted octanol–water partition coefficient (Wildman–Crippen LogP) is 7.03. The van der Waals surface area contributed by atoms with Gasteiger partial charge in [-0.3, -0.25) is 0 Å². The number of aromatic nitrogens is 5. The van der Waals surface area contributed by atoms with Gasteiger partial charge in [-0.15, -0.1) is 16.4 Å². The molecule has 6 aromatic rings. The zero-order valence-corrected chi connectivity index (χ0v) is 19.8. The summed E-state index contributed by atoms with van der Waals surface area (Å²) in [6.45, 7) is 2.15. The molecule has 10 heteroatoms. The van der Waals surface area contributed by atoms with E-state index in [1.54, 1.807) is 29.9 Å². The second kappa shape index (κ2) is 8.51. The molecular weight excluding hydrogens is 492 g/mol. The summed E-state index contributed by atoms with van der Waals surface area (Å²) in [4.78, 5) is 14.0. The Kier molecular flexibility index (Phi) is 5.31. The minimum atomic E-state index is -2.63.